The highest BCUT2D eigenvalue weighted by atomic mass is 19.3. The Balaban J connectivity index is 4.09. The number of alkyl halides is 2. The summed E-state index contributed by atoms with van der Waals surface area (Å²) in [5.41, 5.74) is -0.709. The van der Waals surface area contributed by atoms with E-state index in [2.05, 4.69) is 0 Å². The maximum absolute atomic E-state index is 12.5. The molecule has 0 saturated heterocycles. The molecule has 0 saturated carbocycles. The average Bonchev–Trinajstić information content (AvgIpc) is 2.01. The first-order valence-corrected chi connectivity index (χ1v) is 3.96. The molecule has 3 nitrogen and oxygen atoms in total. The van der Waals surface area contributed by atoms with Crippen molar-refractivity contribution in [2.24, 2.45) is 0 Å². The van der Waals surface area contributed by atoms with Crippen LogP contribution in [0.15, 0.2) is 0 Å². The van der Waals surface area contributed by atoms with Gasteiger partial charge in [0.05, 0.1) is 5.60 Å². The van der Waals surface area contributed by atoms with Crippen LogP contribution in [0.2, 0.25) is 0 Å². The minimum atomic E-state index is -3.80. The van der Waals surface area contributed by atoms with E-state index < -0.39 is 24.1 Å². The first-order chi connectivity index (χ1) is 5.71. The Labute approximate surface area is 75.7 Å². The Morgan fingerprint density at radius 3 is 2.23 bits per heavy atom. The number of hydrogen-bond acceptors (Lipinski definition) is 2. The van der Waals surface area contributed by atoms with E-state index in [1.54, 1.807) is 20.8 Å². The highest BCUT2D eigenvalue weighted by Crippen LogP contribution is 2.20. The number of aliphatic carboxylic acids is 1. The van der Waals surface area contributed by atoms with Crippen LogP contribution in [-0.4, -0.2) is 29.2 Å². The van der Waals surface area contributed by atoms with E-state index in [9.17, 15) is 13.6 Å². The maximum Gasteiger partial charge on any atom is 0.377 e. The van der Waals surface area contributed by atoms with Crippen molar-refractivity contribution in [1.82, 2.24) is 0 Å². The number of ether oxygens (including phenoxy) is 1. The number of halogens is 2. The quantitative estimate of drug-likeness (QED) is 0.730. The van der Waals surface area contributed by atoms with Crippen molar-refractivity contribution in [3.63, 3.8) is 0 Å². The van der Waals surface area contributed by atoms with Gasteiger partial charge in [0.1, 0.15) is 6.61 Å². The number of carboxylic acids is 1. The summed E-state index contributed by atoms with van der Waals surface area (Å²) in [6, 6.07) is 0. The van der Waals surface area contributed by atoms with Gasteiger partial charge in [-0.15, -0.1) is 0 Å². The molecule has 0 radical (unpaired) electrons. The molecular weight excluding hydrogens is 182 g/mol. The number of carbonyl (C=O) groups is 1. The topological polar surface area (TPSA) is 46.5 Å². The molecule has 0 unspecified atom stereocenters. The second-order valence-electron chi connectivity index (χ2n) is 3.41. The number of hydrogen-bond donors (Lipinski definition) is 1. The molecule has 0 spiro atoms. The first kappa shape index (κ1) is 12.3. The van der Waals surface area contributed by atoms with E-state index in [0.29, 0.717) is 6.42 Å². The summed E-state index contributed by atoms with van der Waals surface area (Å²) >= 11 is 0. The van der Waals surface area contributed by atoms with Crippen molar-refractivity contribution in [3.05, 3.63) is 0 Å². The van der Waals surface area contributed by atoms with Crippen LogP contribution in [0.25, 0.3) is 0 Å². The molecule has 5 heteroatoms. The third kappa shape index (κ3) is 4.17. The highest BCUT2D eigenvalue weighted by molar-refractivity contribution is 5.75. The zero-order valence-electron chi connectivity index (χ0n) is 7.93. The maximum atomic E-state index is 12.5. The van der Waals surface area contributed by atoms with E-state index in [1.807, 2.05) is 0 Å². The van der Waals surface area contributed by atoms with Crippen LogP contribution in [0.3, 0.4) is 0 Å². The molecule has 78 valence electrons. The molecule has 0 amide bonds. The summed E-state index contributed by atoms with van der Waals surface area (Å²) in [7, 11) is 0. The van der Waals surface area contributed by atoms with Crippen LogP contribution in [-0.2, 0) is 9.53 Å². The minimum absolute atomic E-state index is 0.544. The van der Waals surface area contributed by atoms with Crippen molar-refractivity contribution >= 4 is 5.97 Å². The van der Waals surface area contributed by atoms with Crippen molar-refractivity contribution in [2.75, 3.05) is 6.61 Å². The Bertz CT molecular complexity index is 190. The Hall–Kier alpha value is -0.710. The lowest BCUT2D eigenvalue weighted by molar-refractivity contribution is -0.181. The molecule has 0 aromatic heterocycles. The van der Waals surface area contributed by atoms with Gasteiger partial charge in [0, 0.05) is 0 Å². The van der Waals surface area contributed by atoms with Gasteiger partial charge in [-0.25, -0.2) is 4.79 Å². The predicted molar refractivity (Wildman–Crippen MR) is 42.9 cm³/mol. The summed E-state index contributed by atoms with van der Waals surface area (Å²) in [5.74, 6) is -5.95. The zero-order valence-corrected chi connectivity index (χ0v) is 7.93. The van der Waals surface area contributed by atoms with Gasteiger partial charge in [-0.05, 0) is 20.3 Å². The normalized spacial score (nSPS) is 13.0. The molecule has 0 rings (SSSR count). The lowest BCUT2D eigenvalue weighted by Crippen LogP contribution is -2.38. The number of carboxylic acid groups (broad SMARTS) is 1. The van der Waals surface area contributed by atoms with E-state index in [1.165, 1.54) is 0 Å². The SMILES string of the molecule is CCC(C)(C)OCC(F)(F)C(=O)O. The van der Waals surface area contributed by atoms with E-state index >= 15 is 0 Å². The third-order valence-electron chi connectivity index (χ3n) is 1.81. The van der Waals surface area contributed by atoms with Crippen molar-refractivity contribution in [3.8, 4) is 0 Å². The molecule has 13 heavy (non-hydrogen) atoms. The van der Waals surface area contributed by atoms with E-state index in [0.717, 1.165) is 0 Å². The van der Waals surface area contributed by atoms with Gasteiger partial charge in [0.15, 0.2) is 0 Å². The van der Waals surface area contributed by atoms with Gasteiger partial charge >= 0.3 is 11.9 Å². The fourth-order valence-electron chi connectivity index (χ4n) is 0.450. The van der Waals surface area contributed by atoms with Crippen LogP contribution in [0.5, 0.6) is 0 Å². The second kappa shape index (κ2) is 4.00. The lowest BCUT2D eigenvalue weighted by atomic mass is 10.1. The van der Waals surface area contributed by atoms with E-state index in [-0.39, 0.29) is 0 Å². The molecular formula is C8H14F2O3. The highest BCUT2D eigenvalue weighted by Gasteiger charge is 2.40. The standard InChI is InChI=1S/C8H14F2O3/c1-4-7(2,3)13-5-8(9,10)6(11)12/h4-5H2,1-3H3,(H,11,12). The van der Waals surface area contributed by atoms with Gasteiger partial charge in [-0.1, -0.05) is 6.92 Å². The average molecular weight is 196 g/mol. The van der Waals surface area contributed by atoms with Gasteiger partial charge in [0.2, 0.25) is 0 Å². The van der Waals surface area contributed by atoms with Crippen molar-refractivity contribution < 1.29 is 23.4 Å². The fourth-order valence-corrected chi connectivity index (χ4v) is 0.450. The number of rotatable bonds is 5. The predicted octanol–water partition coefficient (Wildman–Crippen LogP) is 1.91. The Morgan fingerprint density at radius 1 is 1.46 bits per heavy atom. The smallest absolute Gasteiger partial charge is 0.377 e. The fraction of sp³-hybridized carbons (Fsp3) is 0.875. The summed E-state index contributed by atoms with van der Waals surface area (Å²) in [5, 5.41) is 8.08. The molecule has 0 atom stereocenters. The first-order valence-electron chi connectivity index (χ1n) is 3.96. The van der Waals surface area contributed by atoms with Crippen LogP contribution in [0.4, 0.5) is 8.78 Å². The Morgan fingerprint density at radius 2 is 1.92 bits per heavy atom. The minimum Gasteiger partial charge on any atom is -0.477 e. The van der Waals surface area contributed by atoms with Crippen LogP contribution in [0, 0.1) is 0 Å². The van der Waals surface area contributed by atoms with Gasteiger partial charge < -0.3 is 9.84 Å². The summed E-state index contributed by atoms with van der Waals surface area (Å²) < 4.78 is 29.8. The molecule has 1 N–H and O–H groups in total. The molecule has 0 aromatic rings. The summed E-state index contributed by atoms with van der Waals surface area (Å²) in [6.07, 6.45) is 0.544. The third-order valence-corrected chi connectivity index (χ3v) is 1.81. The van der Waals surface area contributed by atoms with E-state index in [4.69, 9.17) is 9.84 Å². The van der Waals surface area contributed by atoms with Gasteiger partial charge in [-0.3, -0.25) is 0 Å². The summed E-state index contributed by atoms with van der Waals surface area (Å²) in [4.78, 5) is 10.00. The molecule has 0 fully saturated rings. The van der Waals surface area contributed by atoms with Crippen molar-refractivity contribution in [1.29, 1.82) is 0 Å². The summed E-state index contributed by atoms with van der Waals surface area (Å²) in [6.45, 7) is 3.96. The lowest BCUT2D eigenvalue weighted by Gasteiger charge is -2.25. The van der Waals surface area contributed by atoms with Crippen LogP contribution in [0.1, 0.15) is 27.2 Å². The van der Waals surface area contributed by atoms with Crippen LogP contribution < -0.4 is 0 Å². The molecule has 0 aliphatic rings. The molecule has 0 aliphatic carbocycles. The molecule has 0 aliphatic heterocycles. The largest absolute Gasteiger partial charge is 0.477 e. The van der Waals surface area contributed by atoms with Gasteiger partial charge in [0.25, 0.3) is 0 Å². The second-order valence-corrected chi connectivity index (χ2v) is 3.41. The monoisotopic (exact) mass is 196 g/mol. The molecule has 0 aromatic carbocycles. The molecule has 0 heterocycles. The Kier molecular flexibility index (Phi) is 3.78. The molecule has 0 bridgehead atoms. The zero-order chi connectivity index (χ0) is 10.7. The van der Waals surface area contributed by atoms with Crippen molar-refractivity contribution in [2.45, 2.75) is 38.7 Å². The van der Waals surface area contributed by atoms with Gasteiger partial charge in [-0.2, -0.15) is 8.78 Å². The van der Waals surface area contributed by atoms with Crippen LogP contribution >= 0.6 is 0 Å².